The molecule has 0 aromatic carbocycles. The van der Waals surface area contributed by atoms with E-state index in [1.165, 1.54) is 6.92 Å². The summed E-state index contributed by atoms with van der Waals surface area (Å²) in [6.07, 6.45) is 1.64. The van der Waals surface area contributed by atoms with E-state index in [0.29, 0.717) is 19.2 Å². The number of nitrogens with zero attached hydrogens (tertiary/aromatic N) is 2. The lowest BCUT2D eigenvalue weighted by atomic mass is 10.3. The number of amides is 1. The highest BCUT2D eigenvalue weighted by molar-refractivity contribution is 5.73. The number of ether oxygens (including phenoxy) is 1. The quantitative estimate of drug-likeness (QED) is 0.668. The Hall–Kier alpha value is -1.36. The first-order valence-corrected chi connectivity index (χ1v) is 4.46. The van der Waals surface area contributed by atoms with Gasteiger partial charge in [0.05, 0.1) is 12.8 Å². The summed E-state index contributed by atoms with van der Waals surface area (Å²) in [5.74, 6) is 1.27. The summed E-state index contributed by atoms with van der Waals surface area (Å²) in [5, 5.41) is 0. The normalized spacial score (nSPS) is 21.6. The number of aryl methyl sites for hydroxylation is 1. The van der Waals surface area contributed by atoms with E-state index in [1.807, 2.05) is 6.92 Å². The van der Waals surface area contributed by atoms with Crippen LogP contribution in [0, 0.1) is 6.92 Å². The molecule has 76 valence electrons. The van der Waals surface area contributed by atoms with Crippen molar-refractivity contribution in [2.75, 3.05) is 13.3 Å². The molecule has 0 aliphatic carbocycles. The molecule has 1 aliphatic heterocycles. The van der Waals surface area contributed by atoms with E-state index >= 15 is 0 Å². The van der Waals surface area contributed by atoms with Crippen LogP contribution in [0.25, 0.3) is 0 Å². The summed E-state index contributed by atoms with van der Waals surface area (Å²) in [6.45, 7) is 4.11. The lowest BCUT2D eigenvalue weighted by Gasteiger charge is -2.17. The molecule has 14 heavy (non-hydrogen) atoms. The molecular weight excluding hydrogens is 184 g/mol. The number of oxazole rings is 1. The number of hydrogen-bond donors (Lipinski definition) is 0. The van der Waals surface area contributed by atoms with Crippen molar-refractivity contribution in [2.24, 2.45) is 0 Å². The second-order valence-electron chi connectivity index (χ2n) is 3.31. The molecule has 0 spiro atoms. The van der Waals surface area contributed by atoms with Crippen LogP contribution in [0.3, 0.4) is 0 Å². The van der Waals surface area contributed by atoms with Crippen molar-refractivity contribution in [1.82, 2.24) is 9.88 Å². The van der Waals surface area contributed by atoms with Crippen LogP contribution in [0.2, 0.25) is 0 Å². The van der Waals surface area contributed by atoms with Crippen LogP contribution >= 0.6 is 0 Å². The Morgan fingerprint density at radius 2 is 2.50 bits per heavy atom. The summed E-state index contributed by atoms with van der Waals surface area (Å²) >= 11 is 0. The van der Waals surface area contributed by atoms with E-state index in [0.717, 1.165) is 5.76 Å². The molecule has 1 aromatic rings. The van der Waals surface area contributed by atoms with Crippen LogP contribution in [-0.2, 0) is 9.53 Å². The smallest absolute Gasteiger partial charge is 0.222 e. The van der Waals surface area contributed by atoms with Crippen LogP contribution in [0.4, 0.5) is 0 Å². The molecule has 1 atom stereocenters. The fourth-order valence-corrected chi connectivity index (χ4v) is 1.48. The van der Waals surface area contributed by atoms with E-state index in [4.69, 9.17) is 9.15 Å². The van der Waals surface area contributed by atoms with Gasteiger partial charge in [-0.3, -0.25) is 4.79 Å². The van der Waals surface area contributed by atoms with Gasteiger partial charge >= 0.3 is 0 Å². The zero-order chi connectivity index (χ0) is 10.1. The molecular formula is C9H12N2O3. The summed E-state index contributed by atoms with van der Waals surface area (Å²) < 4.78 is 10.6. The van der Waals surface area contributed by atoms with E-state index in [9.17, 15) is 4.79 Å². The zero-order valence-corrected chi connectivity index (χ0v) is 8.19. The monoisotopic (exact) mass is 196 g/mol. The lowest BCUT2D eigenvalue weighted by molar-refractivity contribution is -0.131. The third-order valence-electron chi connectivity index (χ3n) is 2.21. The summed E-state index contributed by atoms with van der Waals surface area (Å²) in [4.78, 5) is 16.9. The molecule has 1 aromatic heterocycles. The summed E-state index contributed by atoms with van der Waals surface area (Å²) in [5.41, 5.74) is 0. The number of hydrogen-bond acceptors (Lipinski definition) is 4. The molecule has 1 aliphatic rings. The Morgan fingerprint density at radius 3 is 3.07 bits per heavy atom. The maximum atomic E-state index is 11.2. The Bertz CT molecular complexity index is 348. The average molecular weight is 196 g/mol. The molecule has 2 heterocycles. The fraction of sp³-hybridized carbons (Fsp3) is 0.556. The number of rotatable bonds is 1. The van der Waals surface area contributed by atoms with Gasteiger partial charge in [-0.1, -0.05) is 0 Å². The van der Waals surface area contributed by atoms with Crippen molar-refractivity contribution >= 4 is 5.91 Å². The minimum atomic E-state index is -0.166. The largest absolute Gasteiger partial charge is 0.444 e. The second kappa shape index (κ2) is 3.42. The van der Waals surface area contributed by atoms with Gasteiger partial charge in [0, 0.05) is 6.92 Å². The van der Waals surface area contributed by atoms with Crippen LogP contribution in [0.5, 0.6) is 0 Å². The van der Waals surface area contributed by atoms with Crippen molar-refractivity contribution in [3.05, 3.63) is 17.8 Å². The van der Waals surface area contributed by atoms with Crippen molar-refractivity contribution < 1.29 is 13.9 Å². The van der Waals surface area contributed by atoms with Gasteiger partial charge in [-0.05, 0) is 6.92 Å². The molecule has 0 N–H and O–H groups in total. The van der Waals surface area contributed by atoms with E-state index in [1.54, 1.807) is 11.1 Å². The molecule has 1 fully saturated rings. The van der Waals surface area contributed by atoms with Crippen molar-refractivity contribution in [1.29, 1.82) is 0 Å². The Kier molecular flexibility index (Phi) is 2.25. The molecule has 0 bridgehead atoms. The zero-order valence-electron chi connectivity index (χ0n) is 8.19. The van der Waals surface area contributed by atoms with Gasteiger partial charge in [-0.15, -0.1) is 0 Å². The van der Waals surface area contributed by atoms with Gasteiger partial charge in [0.15, 0.2) is 0 Å². The van der Waals surface area contributed by atoms with E-state index in [-0.39, 0.29) is 11.9 Å². The fourth-order valence-electron chi connectivity index (χ4n) is 1.48. The number of carbonyl (C=O) groups is 1. The minimum Gasteiger partial charge on any atom is -0.444 e. The van der Waals surface area contributed by atoms with Crippen LogP contribution in [-0.4, -0.2) is 29.1 Å². The molecule has 0 saturated carbocycles. The standard InChI is InChI=1S/C9H12N2O3/c1-6-3-10-9(14-6)8-4-13-5-11(8)7(2)12/h3,8H,4-5H2,1-2H3. The third kappa shape index (κ3) is 1.50. The molecule has 1 amide bonds. The SMILES string of the molecule is CC(=O)N1COCC1c1ncc(C)o1. The summed E-state index contributed by atoms with van der Waals surface area (Å²) in [7, 11) is 0. The molecule has 5 heteroatoms. The van der Waals surface area contributed by atoms with Gasteiger partial charge in [-0.2, -0.15) is 0 Å². The maximum Gasteiger partial charge on any atom is 0.222 e. The number of aromatic nitrogens is 1. The van der Waals surface area contributed by atoms with Crippen molar-refractivity contribution in [2.45, 2.75) is 19.9 Å². The maximum absolute atomic E-state index is 11.2. The Labute approximate surface area is 81.7 Å². The first-order chi connectivity index (χ1) is 6.68. The minimum absolute atomic E-state index is 0.0247. The third-order valence-corrected chi connectivity index (χ3v) is 2.21. The van der Waals surface area contributed by atoms with E-state index < -0.39 is 0 Å². The predicted molar refractivity (Wildman–Crippen MR) is 47.3 cm³/mol. The van der Waals surface area contributed by atoms with Crippen LogP contribution in [0.1, 0.15) is 24.6 Å². The average Bonchev–Trinajstić information content (AvgIpc) is 2.70. The number of carbonyl (C=O) groups excluding carboxylic acids is 1. The highest BCUT2D eigenvalue weighted by Crippen LogP contribution is 2.25. The molecule has 1 unspecified atom stereocenters. The van der Waals surface area contributed by atoms with Crippen LogP contribution in [0.15, 0.2) is 10.6 Å². The first kappa shape index (κ1) is 9.21. The van der Waals surface area contributed by atoms with Gasteiger partial charge < -0.3 is 14.1 Å². The Morgan fingerprint density at radius 1 is 1.71 bits per heavy atom. The topological polar surface area (TPSA) is 55.6 Å². The highest BCUT2D eigenvalue weighted by atomic mass is 16.5. The first-order valence-electron chi connectivity index (χ1n) is 4.46. The van der Waals surface area contributed by atoms with Gasteiger partial charge in [0.2, 0.25) is 11.8 Å². The molecule has 0 radical (unpaired) electrons. The Balaban J connectivity index is 2.21. The van der Waals surface area contributed by atoms with Gasteiger partial charge in [0.1, 0.15) is 18.5 Å². The van der Waals surface area contributed by atoms with Crippen molar-refractivity contribution in [3.8, 4) is 0 Å². The molecule has 2 rings (SSSR count). The molecule has 1 saturated heterocycles. The predicted octanol–water partition coefficient (Wildman–Crippen LogP) is 0.860. The van der Waals surface area contributed by atoms with Crippen molar-refractivity contribution in [3.63, 3.8) is 0 Å². The summed E-state index contributed by atoms with van der Waals surface area (Å²) in [6, 6.07) is -0.166. The van der Waals surface area contributed by atoms with Gasteiger partial charge in [0.25, 0.3) is 0 Å². The molecule has 5 nitrogen and oxygen atoms in total. The van der Waals surface area contributed by atoms with Crippen LogP contribution < -0.4 is 0 Å². The highest BCUT2D eigenvalue weighted by Gasteiger charge is 2.32. The second-order valence-corrected chi connectivity index (χ2v) is 3.31. The lowest BCUT2D eigenvalue weighted by Crippen LogP contribution is -2.29. The van der Waals surface area contributed by atoms with Gasteiger partial charge in [-0.25, -0.2) is 4.98 Å². The van der Waals surface area contributed by atoms with E-state index in [2.05, 4.69) is 4.98 Å².